The molecule has 3 rings (SSSR count). The summed E-state index contributed by atoms with van der Waals surface area (Å²) < 4.78 is 0. The number of aryl methyl sites for hydroxylation is 1. The van der Waals surface area contributed by atoms with Crippen LogP contribution in [0, 0.1) is 6.92 Å². The fourth-order valence-corrected chi connectivity index (χ4v) is 2.84. The van der Waals surface area contributed by atoms with Crippen LogP contribution in [0.25, 0.3) is 0 Å². The molecule has 2 N–H and O–H groups in total. The smallest absolute Gasteiger partial charge is 0.274 e. The molecular formula is C21H20ClN3O. The molecule has 0 bridgehead atoms. The molecular weight excluding hydrogens is 346 g/mol. The van der Waals surface area contributed by atoms with Crippen LogP contribution in [0.3, 0.4) is 0 Å². The molecule has 0 aliphatic carbocycles. The van der Waals surface area contributed by atoms with Gasteiger partial charge in [0.1, 0.15) is 5.69 Å². The summed E-state index contributed by atoms with van der Waals surface area (Å²) in [6, 6.07) is 19.1. The molecule has 0 radical (unpaired) electrons. The molecule has 4 nitrogen and oxygen atoms in total. The van der Waals surface area contributed by atoms with Gasteiger partial charge in [0.05, 0.1) is 0 Å². The lowest BCUT2D eigenvalue weighted by atomic mass is 10.1. The molecule has 1 aromatic heterocycles. The first kappa shape index (κ1) is 18.0. The van der Waals surface area contributed by atoms with Gasteiger partial charge in [-0.15, -0.1) is 0 Å². The minimum absolute atomic E-state index is 0.228. The molecule has 1 heterocycles. The van der Waals surface area contributed by atoms with Crippen molar-refractivity contribution in [1.29, 1.82) is 0 Å². The molecule has 0 saturated heterocycles. The summed E-state index contributed by atoms with van der Waals surface area (Å²) in [5.74, 6) is -0.228. The predicted octanol–water partition coefficient (Wildman–Crippen LogP) is 4.95. The average molecular weight is 366 g/mol. The van der Waals surface area contributed by atoms with E-state index in [0.717, 1.165) is 40.5 Å². The topological polar surface area (TPSA) is 54.0 Å². The van der Waals surface area contributed by atoms with Gasteiger partial charge in [-0.25, -0.2) is 0 Å². The lowest BCUT2D eigenvalue weighted by molar-refractivity contribution is 0.102. The summed E-state index contributed by atoms with van der Waals surface area (Å²) in [4.78, 5) is 16.6. The van der Waals surface area contributed by atoms with Gasteiger partial charge in [-0.2, -0.15) is 0 Å². The van der Waals surface area contributed by atoms with Crippen molar-refractivity contribution in [2.45, 2.75) is 13.3 Å². The van der Waals surface area contributed by atoms with Gasteiger partial charge in [0.15, 0.2) is 0 Å². The highest BCUT2D eigenvalue weighted by Crippen LogP contribution is 2.14. The summed E-state index contributed by atoms with van der Waals surface area (Å²) >= 11 is 6.00. The maximum absolute atomic E-state index is 12.4. The third-order valence-electron chi connectivity index (χ3n) is 3.90. The molecule has 2 aromatic carbocycles. The van der Waals surface area contributed by atoms with Crippen molar-refractivity contribution in [2.24, 2.45) is 0 Å². The van der Waals surface area contributed by atoms with Crippen molar-refractivity contribution in [3.63, 3.8) is 0 Å². The Labute approximate surface area is 158 Å². The van der Waals surface area contributed by atoms with Crippen molar-refractivity contribution < 1.29 is 4.79 Å². The van der Waals surface area contributed by atoms with Crippen molar-refractivity contribution in [3.05, 3.63) is 88.7 Å². The molecule has 0 saturated carbocycles. The Morgan fingerprint density at radius 1 is 1.04 bits per heavy atom. The zero-order valence-corrected chi connectivity index (χ0v) is 15.3. The second kappa shape index (κ2) is 8.50. The van der Waals surface area contributed by atoms with Gasteiger partial charge in [0.2, 0.25) is 0 Å². The van der Waals surface area contributed by atoms with E-state index in [-0.39, 0.29) is 5.91 Å². The van der Waals surface area contributed by atoms with Gasteiger partial charge >= 0.3 is 0 Å². The number of hydrogen-bond acceptors (Lipinski definition) is 3. The Bertz CT molecular complexity index is 911. The average Bonchev–Trinajstić information content (AvgIpc) is 2.62. The first-order valence-electron chi connectivity index (χ1n) is 8.42. The maximum Gasteiger partial charge on any atom is 0.274 e. The van der Waals surface area contributed by atoms with E-state index >= 15 is 0 Å². The van der Waals surface area contributed by atoms with Crippen LogP contribution >= 0.6 is 11.6 Å². The lowest BCUT2D eigenvalue weighted by Gasteiger charge is -2.09. The number of hydrogen-bond donors (Lipinski definition) is 2. The molecule has 3 aromatic rings. The number of pyridine rings is 1. The summed E-state index contributed by atoms with van der Waals surface area (Å²) in [6.45, 7) is 2.72. The van der Waals surface area contributed by atoms with Gasteiger partial charge in [-0.3, -0.25) is 9.78 Å². The van der Waals surface area contributed by atoms with Crippen molar-refractivity contribution >= 4 is 28.9 Å². The van der Waals surface area contributed by atoms with E-state index in [4.69, 9.17) is 11.6 Å². The highest BCUT2D eigenvalue weighted by Gasteiger charge is 2.08. The summed E-state index contributed by atoms with van der Waals surface area (Å²) in [6.07, 6.45) is 2.47. The van der Waals surface area contributed by atoms with Crippen LogP contribution in [0.4, 0.5) is 11.4 Å². The summed E-state index contributed by atoms with van der Waals surface area (Å²) in [5.41, 5.74) is 4.25. The molecule has 1 amide bonds. The van der Waals surface area contributed by atoms with Crippen LogP contribution in [0.5, 0.6) is 0 Å². The fourth-order valence-electron chi connectivity index (χ4n) is 2.63. The first-order chi connectivity index (χ1) is 12.6. The van der Waals surface area contributed by atoms with Crippen LogP contribution in [0.1, 0.15) is 21.6 Å². The Balaban J connectivity index is 1.59. The monoisotopic (exact) mass is 365 g/mol. The molecule has 0 atom stereocenters. The number of carbonyl (C=O) groups excluding carboxylic acids is 1. The second-order valence-electron chi connectivity index (χ2n) is 6.06. The minimum Gasteiger partial charge on any atom is -0.385 e. The molecule has 0 spiro atoms. The van der Waals surface area contributed by atoms with Crippen LogP contribution in [-0.2, 0) is 6.42 Å². The zero-order valence-electron chi connectivity index (χ0n) is 14.5. The number of benzene rings is 2. The lowest BCUT2D eigenvalue weighted by Crippen LogP contribution is -2.14. The van der Waals surface area contributed by atoms with Gasteiger partial charge in [0, 0.05) is 29.1 Å². The standard InChI is InChI=1S/C21H20ClN3O/c1-15-4-2-7-19(12-15)25-21(26)20-14-18(9-11-24-20)23-10-8-16-5-3-6-17(22)13-16/h2-7,9,11-14H,8,10H2,1H3,(H,23,24)(H,25,26). The zero-order chi connectivity index (χ0) is 18.4. The Hall–Kier alpha value is -2.85. The molecule has 0 aliphatic heterocycles. The number of anilines is 2. The number of nitrogens with one attached hydrogen (secondary N) is 2. The molecule has 0 fully saturated rings. The molecule has 132 valence electrons. The van der Waals surface area contributed by atoms with E-state index in [1.54, 1.807) is 12.3 Å². The normalized spacial score (nSPS) is 10.4. The van der Waals surface area contributed by atoms with E-state index < -0.39 is 0 Å². The Morgan fingerprint density at radius 3 is 2.69 bits per heavy atom. The minimum atomic E-state index is -0.228. The van der Waals surface area contributed by atoms with Gasteiger partial charge in [0.25, 0.3) is 5.91 Å². The molecule has 26 heavy (non-hydrogen) atoms. The summed E-state index contributed by atoms with van der Waals surface area (Å²) in [5, 5.41) is 6.93. The van der Waals surface area contributed by atoms with Gasteiger partial charge in [-0.1, -0.05) is 35.9 Å². The van der Waals surface area contributed by atoms with Gasteiger partial charge < -0.3 is 10.6 Å². The number of halogens is 1. The first-order valence-corrected chi connectivity index (χ1v) is 8.80. The van der Waals surface area contributed by atoms with Gasteiger partial charge in [-0.05, 0) is 60.9 Å². The molecule has 0 aliphatic rings. The highest BCUT2D eigenvalue weighted by atomic mass is 35.5. The van der Waals surface area contributed by atoms with E-state index in [1.165, 1.54) is 0 Å². The number of nitrogens with zero attached hydrogens (tertiary/aromatic N) is 1. The fraction of sp³-hybridized carbons (Fsp3) is 0.143. The third-order valence-corrected chi connectivity index (χ3v) is 4.14. The van der Waals surface area contributed by atoms with E-state index in [0.29, 0.717) is 5.69 Å². The predicted molar refractivity (Wildman–Crippen MR) is 107 cm³/mol. The van der Waals surface area contributed by atoms with E-state index in [2.05, 4.69) is 15.6 Å². The molecule has 5 heteroatoms. The van der Waals surface area contributed by atoms with E-state index in [1.807, 2.05) is 61.5 Å². The van der Waals surface area contributed by atoms with Crippen molar-refractivity contribution in [3.8, 4) is 0 Å². The van der Waals surface area contributed by atoms with Crippen molar-refractivity contribution in [1.82, 2.24) is 4.98 Å². The van der Waals surface area contributed by atoms with Crippen molar-refractivity contribution in [2.75, 3.05) is 17.2 Å². The number of aromatic nitrogens is 1. The van der Waals surface area contributed by atoms with Crippen LogP contribution in [-0.4, -0.2) is 17.4 Å². The number of amides is 1. The molecule has 0 unspecified atom stereocenters. The summed E-state index contributed by atoms with van der Waals surface area (Å²) in [7, 11) is 0. The van der Waals surface area contributed by atoms with Crippen LogP contribution < -0.4 is 10.6 Å². The quantitative estimate of drug-likeness (QED) is 0.649. The maximum atomic E-state index is 12.4. The van der Waals surface area contributed by atoms with Crippen LogP contribution in [0.15, 0.2) is 66.9 Å². The Morgan fingerprint density at radius 2 is 1.88 bits per heavy atom. The number of carbonyl (C=O) groups is 1. The SMILES string of the molecule is Cc1cccc(NC(=O)c2cc(NCCc3cccc(Cl)c3)ccn2)c1. The van der Waals surface area contributed by atoms with E-state index in [9.17, 15) is 4.79 Å². The van der Waals surface area contributed by atoms with Crippen LogP contribution in [0.2, 0.25) is 5.02 Å². The second-order valence-corrected chi connectivity index (χ2v) is 6.50. The largest absolute Gasteiger partial charge is 0.385 e. The third kappa shape index (κ3) is 5.07. The Kier molecular flexibility index (Phi) is 5.87. The number of rotatable bonds is 6. The highest BCUT2D eigenvalue weighted by molar-refractivity contribution is 6.30.